The summed E-state index contributed by atoms with van der Waals surface area (Å²) in [6.07, 6.45) is 0. The van der Waals surface area contributed by atoms with Crippen LogP contribution in [0.5, 0.6) is 11.6 Å². The minimum atomic E-state index is 0.104. The summed E-state index contributed by atoms with van der Waals surface area (Å²) in [6.45, 7) is 0. The summed E-state index contributed by atoms with van der Waals surface area (Å²) < 4.78 is 12.4. The molecule has 0 unspecified atom stereocenters. The van der Waals surface area contributed by atoms with Crippen molar-refractivity contribution in [2.45, 2.75) is 0 Å². The van der Waals surface area contributed by atoms with Crippen LogP contribution < -0.4 is 4.74 Å². The third kappa shape index (κ3) is 4.00. The fourth-order valence-corrected chi connectivity index (χ4v) is 3.37. The van der Waals surface area contributed by atoms with Crippen molar-refractivity contribution in [2.75, 3.05) is 0 Å². The van der Waals surface area contributed by atoms with Crippen LogP contribution in [-0.2, 0) is 0 Å². The first-order valence-electron chi connectivity index (χ1n) is 7.89. The average molecular weight is 498 g/mol. The van der Waals surface area contributed by atoms with Gasteiger partial charge in [-0.05, 0) is 52.3 Å². The molecule has 4 rings (SSSR count). The Labute approximate surface area is 183 Å². The maximum atomic E-state index is 6.12. The van der Waals surface area contributed by atoms with Crippen LogP contribution in [0, 0.1) is 0 Å². The molecule has 0 radical (unpaired) electrons. The van der Waals surface area contributed by atoms with Gasteiger partial charge in [-0.3, -0.25) is 0 Å². The van der Waals surface area contributed by atoms with Crippen molar-refractivity contribution in [3.63, 3.8) is 0 Å². The number of ether oxygens (including phenoxy) is 1. The van der Waals surface area contributed by atoms with E-state index in [1.165, 1.54) is 6.07 Å². The summed E-state index contributed by atoms with van der Waals surface area (Å²) in [4.78, 5) is 4.05. The summed E-state index contributed by atoms with van der Waals surface area (Å²) in [6, 6.07) is 16.2. The van der Waals surface area contributed by atoms with E-state index in [0.29, 0.717) is 23.1 Å². The monoisotopic (exact) mass is 495 g/mol. The Bertz CT molecular complexity index is 1170. The molecule has 2 aromatic heterocycles. The second-order valence-electron chi connectivity index (χ2n) is 5.57. The summed E-state index contributed by atoms with van der Waals surface area (Å²) >= 11 is 21.4. The predicted octanol–water partition coefficient (Wildman–Crippen LogP) is 7.31. The molecule has 0 aliphatic heterocycles. The number of pyridine rings is 1. The van der Waals surface area contributed by atoms with Gasteiger partial charge in [0.1, 0.15) is 10.8 Å². The summed E-state index contributed by atoms with van der Waals surface area (Å²) in [5.74, 6) is 1.38. The van der Waals surface area contributed by atoms with Crippen LogP contribution >= 0.6 is 50.7 Å². The van der Waals surface area contributed by atoms with E-state index in [0.717, 1.165) is 10.0 Å². The van der Waals surface area contributed by atoms with E-state index in [4.69, 9.17) is 44.0 Å². The van der Waals surface area contributed by atoms with Crippen molar-refractivity contribution in [3.05, 3.63) is 74.3 Å². The molecule has 0 N–H and O–H groups in total. The fraction of sp³-hybridized carbons (Fsp3) is 0. The number of nitrogens with zero attached hydrogens (tertiary/aromatic N) is 3. The number of hydrogen-bond donors (Lipinski definition) is 0. The van der Waals surface area contributed by atoms with E-state index >= 15 is 0 Å². The molecule has 0 bridgehead atoms. The normalized spacial score (nSPS) is 10.9. The van der Waals surface area contributed by atoms with Gasteiger partial charge in [-0.1, -0.05) is 53.0 Å². The van der Waals surface area contributed by atoms with Gasteiger partial charge in [0.2, 0.25) is 17.7 Å². The molecule has 0 aliphatic rings. The van der Waals surface area contributed by atoms with Crippen molar-refractivity contribution < 1.29 is 9.15 Å². The summed E-state index contributed by atoms with van der Waals surface area (Å²) in [5, 5.41) is 8.84. The summed E-state index contributed by atoms with van der Waals surface area (Å²) in [7, 11) is 0. The Morgan fingerprint density at radius 1 is 0.857 bits per heavy atom. The van der Waals surface area contributed by atoms with Crippen LogP contribution in [0.1, 0.15) is 0 Å². The van der Waals surface area contributed by atoms with Crippen molar-refractivity contribution >= 4 is 50.7 Å². The SMILES string of the molecule is Clc1cc(Cl)c(Oc2cccc(-c3nnc(-c4ccccc4Br)o3)c2)nc1Cl. The molecule has 5 nitrogen and oxygen atoms in total. The van der Waals surface area contributed by atoms with Crippen LogP contribution in [-0.4, -0.2) is 15.2 Å². The van der Waals surface area contributed by atoms with Gasteiger partial charge < -0.3 is 9.15 Å². The zero-order valence-corrected chi connectivity index (χ0v) is 17.7. The smallest absolute Gasteiger partial charge is 0.249 e. The molecular weight excluding hydrogens is 488 g/mol. The highest BCUT2D eigenvalue weighted by Gasteiger charge is 2.14. The third-order valence-corrected chi connectivity index (χ3v) is 5.31. The Hall–Kier alpha value is -2.12. The van der Waals surface area contributed by atoms with Crippen LogP contribution in [0.25, 0.3) is 22.9 Å². The molecule has 0 fully saturated rings. The second-order valence-corrected chi connectivity index (χ2v) is 7.60. The van der Waals surface area contributed by atoms with Gasteiger partial charge in [-0.2, -0.15) is 4.98 Å². The molecule has 2 heterocycles. The molecule has 9 heteroatoms. The minimum absolute atomic E-state index is 0.104. The predicted molar refractivity (Wildman–Crippen MR) is 112 cm³/mol. The molecule has 0 spiro atoms. The van der Waals surface area contributed by atoms with Crippen LogP contribution in [0.2, 0.25) is 15.2 Å². The van der Waals surface area contributed by atoms with E-state index in [1.54, 1.807) is 18.2 Å². The molecule has 28 heavy (non-hydrogen) atoms. The highest BCUT2D eigenvalue weighted by molar-refractivity contribution is 9.10. The number of rotatable bonds is 4. The van der Waals surface area contributed by atoms with Gasteiger partial charge in [0.05, 0.1) is 10.6 Å². The van der Waals surface area contributed by atoms with Gasteiger partial charge in [0.15, 0.2) is 5.15 Å². The molecule has 0 amide bonds. The molecule has 140 valence electrons. The molecule has 0 saturated carbocycles. The highest BCUT2D eigenvalue weighted by Crippen LogP contribution is 2.35. The van der Waals surface area contributed by atoms with Crippen molar-refractivity contribution in [2.24, 2.45) is 0 Å². The Kier molecular flexibility index (Phi) is 5.55. The first-order chi connectivity index (χ1) is 13.5. The zero-order chi connectivity index (χ0) is 19.7. The average Bonchev–Trinajstić information content (AvgIpc) is 3.17. The Morgan fingerprint density at radius 3 is 2.46 bits per heavy atom. The van der Waals surface area contributed by atoms with E-state index < -0.39 is 0 Å². The molecule has 4 aromatic rings. The van der Waals surface area contributed by atoms with Gasteiger partial charge in [0, 0.05) is 10.0 Å². The van der Waals surface area contributed by atoms with Gasteiger partial charge in [-0.25, -0.2) is 0 Å². The van der Waals surface area contributed by atoms with Gasteiger partial charge >= 0.3 is 0 Å². The van der Waals surface area contributed by atoms with Crippen molar-refractivity contribution in [3.8, 4) is 34.5 Å². The van der Waals surface area contributed by atoms with E-state index in [-0.39, 0.29) is 21.1 Å². The fourth-order valence-electron chi connectivity index (χ4n) is 2.39. The lowest BCUT2D eigenvalue weighted by Crippen LogP contribution is -1.91. The standard InChI is InChI=1S/C19H9BrCl3N3O2/c20-13-7-2-1-6-12(13)18-26-25-17(28-18)10-4-3-5-11(8-10)27-19-15(22)9-14(21)16(23)24-19/h1-9H. The Balaban J connectivity index is 1.63. The molecular formula is C19H9BrCl3N3O2. The maximum Gasteiger partial charge on any atom is 0.249 e. The topological polar surface area (TPSA) is 61.0 Å². The lowest BCUT2D eigenvalue weighted by molar-refractivity contribution is 0.463. The lowest BCUT2D eigenvalue weighted by atomic mass is 10.2. The number of benzene rings is 2. The first-order valence-corrected chi connectivity index (χ1v) is 9.82. The Morgan fingerprint density at radius 2 is 1.64 bits per heavy atom. The molecule has 0 atom stereocenters. The summed E-state index contributed by atoms with van der Waals surface area (Å²) in [5.41, 5.74) is 1.49. The quantitative estimate of drug-likeness (QED) is 0.277. The molecule has 2 aromatic carbocycles. The molecule has 0 saturated heterocycles. The first kappa shape index (κ1) is 19.2. The second kappa shape index (κ2) is 8.09. The van der Waals surface area contributed by atoms with E-state index in [9.17, 15) is 0 Å². The van der Waals surface area contributed by atoms with Crippen molar-refractivity contribution in [1.82, 2.24) is 15.2 Å². The van der Waals surface area contributed by atoms with E-state index in [1.807, 2.05) is 30.3 Å². The zero-order valence-electron chi connectivity index (χ0n) is 13.9. The van der Waals surface area contributed by atoms with Crippen LogP contribution in [0.4, 0.5) is 0 Å². The minimum Gasteiger partial charge on any atom is -0.437 e. The number of aromatic nitrogens is 3. The number of halogens is 4. The van der Waals surface area contributed by atoms with Gasteiger partial charge in [-0.15, -0.1) is 10.2 Å². The molecule has 0 aliphatic carbocycles. The van der Waals surface area contributed by atoms with Crippen LogP contribution in [0.15, 0.2) is 63.5 Å². The van der Waals surface area contributed by atoms with Crippen LogP contribution in [0.3, 0.4) is 0 Å². The van der Waals surface area contributed by atoms with Crippen molar-refractivity contribution in [1.29, 1.82) is 0 Å². The van der Waals surface area contributed by atoms with Gasteiger partial charge in [0.25, 0.3) is 0 Å². The highest BCUT2D eigenvalue weighted by atomic mass is 79.9. The lowest BCUT2D eigenvalue weighted by Gasteiger charge is -2.08. The third-order valence-electron chi connectivity index (χ3n) is 3.68. The number of hydrogen-bond acceptors (Lipinski definition) is 5. The maximum absolute atomic E-state index is 6.12. The van der Waals surface area contributed by atoms with E-state index in [2.05, 4.69) is 31.1 Å². The largest absolute Gasteiger partial charge is 0.437 e.